The molecule has 0 saturated carbocycles. The van der Waals surface area contributed by atoms with Crippen LogP contribution in [0.15, 0.2) is 53.4 Å². The molecule has 2 aromatic carbocycles. The van der Waals surface area contributed by atoms with E-state index >= 15 is 0 Å². The summed E-state index contributed by atoms with van der Waals surface area (Å²) in [7, 11) is -2.49. The molecule has 0 aliphatic heterocycles. The van der Waals surface area contributed by atoms with Gasteiger partial charge in [-0.1, -0.05) is 26.0 Å². The van der Waals surface area contributed by atoms with Crippen molar-refractivity contribution in [3.63, 3.8) is 0 Å². The normalized spacial score (nSPS) is 11.8. The first kappa shape index (κ1) is 21.1. The van der Waals surface area contributed by atoms with Crippen molar-refractivity contribution >= 4 is 16.0 Å². The number of esters is 1. The smallest absolute Gasteiger partial charge is 0.337 e. The standard InChI is InChI=1S/C20H24FNO4S/c1-4-18(5-2)22(27(24,25)19-12-10-17(21)11-13-19)14-15-6-8-16(9-7-15)20(23)26-3/h6-13,18H,4-5,14H2,1-3H3. The van der Waals surface area contributed by atoms with Crippen molar-refractivity contribution in [2.45, 2.75) is 44.2 Å². The molecule has 146 valence electrons. The second-order valence-electron chi connectivity index (χ2n) is 6.16. The van der Waals surface area contributed by atoms with Crippen LogP contribution in [-0.4, -0.2) is 31.8 Å². The topological polar surface area (TPSA) is 63.7 Å². The van der Waals surface area contributed by atoms with Crippen LogP contribution in [0.2, 0.25) is 0 Å². The molecule has 0 aliphatic rings. The molecule has 0 unspecified atom stereocenters. The van der Waals surface area contributed by atoms with Gasteiger partial charge in [0.15, 0.2) is 0 Å². The van der Waals surface area contributed by atoms with Crippen LogP contribution in [0.25, 0.3) is 0 Å². The minimum atomic E-state index is -3.80. The number of methoxy groups -OCH3 is 1. The summed E-state index contributed by atoms with van der Waals surface area (Å²) in [5.41, 5.74) is 1.15. The van der Waals surface area contributed by atoms with E-state index in [1.54, 1.807) is 24.3 Å². The molecule has 0 spiro atoms. The van der Waals surface area contributed by atoms with Crippen molar-refractivity contribution in [3.8, 4) is 0 Å². The number of ether oxygens (including phenoxy) is 1. The lowest BCUT2D eigenvalue weighted by Gasteiger charge is -2.29. The number of nitrogens with zero attached hydrogens (tertiary/aromatic N) is 1. The Morgan fingerprint density at radius 3 is 2.07 bits per heavy atom. The van der Waals surface area contributed by atoms with E-state index in [4.69, 9.17) is 0 Å². The molecule has 0 fully saturated rings. The lowest BCUT2D eigenvalue weighted by atomic mass is 10.1. The zero-order valence-electron chi connectivity index (χ0n) is 15.7. The fourth-order valence-electron chi connectivity index (χ4n) is 2.89. The second kappa shape index (κ2) is 9.10. The summed E-state index contributed by atoms with van der Waals surface area (Å²) >= 11 is 0. The summed E-state index contributed by atoms with van der Waals surface area (Å²) in [4.78, 5) is 11.6. The molecule has 0 bridgehead atoms. The van der Waals surface area contributed by atoms with E-state index in [0.717, 1.165) is 17.7 Å². The fourth-order valence-corrected chi connectivity index (χ4v) is 4.65. The molecule has 2 aromatic rings. The first-order valence-electron chi connectivity index (χ1n) is 8.78. The van der Waals surface area contributed by atoms with Gasteiger partial charge in [-0.05, 0) is 54.8 Å². The van der Waals surface area contributed by atoms with Gasteiger partial charge >= 0.3 is 5.97 Å². The summed E-state index contributed by atoms with van der Waals surface area (Å²) < 4.78 is 45.6. The van der Waals surface area contributed by atoms with Crippen LogP contribution >= 0.6 is 0 Å². The summed E-state index contributed by atoms with van der Waals surface area (Å²) in [5, 5.41) is 0. The van der Waals surface area contributed by atoms with Gasteiger partial charge in [0.2, 0.25) is 10.0 Å². The van der Waals surface area contributed by atoms with Crippen LogP contribution in [0.5, 0.6) is 0 Å². The van der Waals surface area contributed by atoms with Gasteiger partial charge in [-0.25, -0.2) is 17.6 Å². The number of benzene rings is 2. The molecule has 0 aromatic heterocycles. The van der Waals surface area contributed by atoms with E-state index in [0.29, 0.717) is 18.4 Å². The third-order valence-corrected chi connectivity index (χ3v) is 6.40. The number of carbonyl (C=O) groups is 1. The lowest BCUT2D eigenvalue weighted by molar-refractivity contribution is 0.0600. The van der Waals surface area contributed by atoms with Gasteiger partial charge in [0.25, 0.3) is 0 Å². The van der Waals surface area contributed by atoms with E-state index in [9.17, 15) is 17.6 Å². The molecular formula is C20H24FNO4S. The lowest BCUT2D eigenvalue weighted by Crippen LogP contribution is -2.39. The first-order chi connectivity index (χ1) is 12.8. The molecule has 2 rings (SSSR count). The molecule has 27 heavy (non-hydrogen) atoms. The predicted octanol–water partition coefficient (Wildman–Crippen LogP) is 3.99. The van der Waals surface area contributed by atoms with Crippen molar-refractivity contribution < 1.29 is 22.3 Å². The zero-order valence-corrected chi connectivity index (χ0v) is 16.5. The maximum absolute atomic E-state index is 13.2. The van der Waals surface area contributed by atoms with Gasteiger partial charge < -0.3 is 4.74 Å². The third kappa shape index (κ3) is 4.93. The first-order valence-corrected chi connectivity index (χ1v) is 10.2. The van der Waals surface area contributed by atoms with Gasteiger partial charge in [0, 0.05) is 12.6 Å². The molecule has 0 saturated heterocycles. The SMILES string of the molecule is CCC(CC)N(Cc1ccc(C(=O)OC)cc1)S(=O)(=O)c1ccc(F)cc1. The van der Waals surface area contributed by atoms with Crippen molar-refractivity contribution in [1.82, 2.24) is 4.31 Å². The maximum Gasteiger partial charge on any atom is 0.337 e. The highest BCUT2D eigenvalue weighted by Crippen LogP contribution is 2.24. The van der Waals surface area contributed by atoms with Crippen LogP contribution in [0, 0.1) is 5.82 Å². The Morgan fingerprint density at radius 2 is 1.59 bits per heavy atom. The van der Waals surface area contributed by atoms with Crippen molar-refractivity contribution in [1.29, 1.82) is 0 Å². The number of rotatable bonds is 8. The number of sulfonamides is 1. The second-order valence-corrected chi connectivity index (χ2v) is 8.05. The van der Waals surface area contributed by atoms with Crippen LogP contribution in [0.4, 0.5) is 4.39 Å². The van der Waals surface area contributed by atoms with E-state index in [-0.39, 0.29) is 17.5 Å². The van der Waals surface area contributed by atoms with E-state index in [2.05, 4.69) is 4.74 Å². The predicted molar refractivity (Wildman–Crippen MR) is 101 cm³/mol. The summed E-state index contributed by atoms with van der Waals surface area (Å²) in [5.74, 6) is -0.932. The average Bonchev–Trinajstić information content (AvgIpc) is 2.68. The minimum Gasteiger partial charge on any atom is -0.465 e. The number of halogens is 1. The summed E-state index contributed by atoms with van der Waals surface area (Å²) in [6.07, 6.45) is 1.30. The number of carbonyl (C=O) groups excluding carboxylic acids is 1. The third-order valence-electron chi connectivity index (χ3n) is 4.48. The number of hydrogen-bond acceptors (Lipinski definition) is 4. The Hall–Kier alpha value is -2.25. The molecule has 0 heterocycles. The Labute approximate surface area is 159 Å². The Kier molecular flexibility index (Phi) is 7.10. The van der Waals surface area contributed by atoms with E-state index in [1.807, 2.05) is 13.8 Å². The molecule has 0 amide bonds. The Bertz CT molecular complexity index is 860. The van der Waals surface area contributed by atoms with Gasteiger partial charge in [-0.15, -0.1) is 0 Å². The summed E-state index contributed by atoms with van der Waals surface area (Å²) in [6.45, 7) is 4.02. The van der Waals surface area contributed by atoms with Crippen LogP contribution < -0.4 is 0 Å². The van der Waals surface area contributed by atoms with Crippen molar-refractivity contribution in [2.24, 2.45) is 0 Å². The van der Waals surface area contributed by atoms with E-state index < -0.39 is 21.8 Å². The monoisotopic (exact) mass is 393 g/mol. The molecule has 0 N–H and O–H groups in total. The highest BCUT2D eigenvalue weighted by Gasteiger charge is 2.30. The minimum absolute atomic E-state index is 0.0574. The highest BCUT2D eigenvalue weighted by molar-refractivity contribution is 7.89. The van der Waals surface area contributed by atoms with E-state index in [1.165, 1.54) is 23.5 Å². The van der Waals surface area contributed by atoms with Gasteiger partial charge in [0.05, 0.1) is 17.6 Å². The van der Waals surface area contributed by atoms with Crippen molar-refractivity contribution in [2.75, 3.05) is 7.11 Å². The van der Waals surface area contributed by atoms with Gasteiger partial charge in [-0.3, -0.25) is 0 Å². The van der Waals surface area contributed by atoms with Crippen LogP contribution in [0.1, 0.15) is 42.6 Å². The molecular weight excluding hydrogens is 369 g/mol. The quantitative estimate of drug-likeness (QED) is 0.636. The van der Waals surface area contributed by atoms with Gasteiger partial charge in [0.1, 0.15) is 5.82 Å². The molecule has 0 radical (unpaired) electrons. The molecule has 7 heteroatoms. The molecule has 0 atom stereocenters. The van der Waals surface area contributed by atoms with Gasteiger partial charge in [-0.2, -0.15) is 4.31 Å². The molecule has 5 nitrogen and oxygen atoms in total. The summed E-state index contributed by atoms with van der Waals surface area (Å²) in [6, 6.07) is 11.3. The zero-order chi connectivity index (χ0) is 20.0. The van der Waals surface area contributed by atoms with Crippen molar-refractivity contribution in [3.05, 3.63) is 65.5 Å². The van der Waals surface area contributed by atoms with Crippen LogP contribution in [0.3, 0.4) is 0 Å². The largest absolute Gasteiger partial charge is 0.465 e. The Morgan fingerprint density at radius 1 is 1.04 bits per heavy atom. The van der Waals surface area contributed by atoms with Crippen LogP contribution in [-0.2, 0) is 21.3 Å². The molecule has 0 aliphatic carbocycles. The highest BCUT2D eigenvalue weighted by atomic mass is 32.2. The Balaban J connectivity index is 2.37. The average molecular weight is 393 g/mol. The maximum atomic E-state index is 13.2. The fraction of sp³-hybridized carbons (Fsp3) is 0.350. The number of hydrogen-bond donors (Lipinski definition) is 0.